The van der Waals surface area contributed by atoms with E-state index < -0.39 is 0 Å². The van der Waals surface area contributed by atoms with Gasteiger partial charge in [0.05, 0.1) is 5.69 Å². The number of ketones is 1. The van der Waals surface area contributed by atoms with Crippen molar-refractivity contribution in [1.29, 1.82) is 0 Å². The predicted octanol–water partition coefficient (Wildman–Crippen LogP) is 3.16. The van der Waals surface area contributed by atoms with E-state index in [1.165, 1.54) is 6.92 Å². The number of aromatic nitrogens is 2. The van der Waals surface area contributed by atoms with Crippen LogP contribution in [0.4, 0.5) is 10.5 Å². The van der Waals surface area contributed by atoms with Crippen LogP contribution in [0.3, 0.4) is 0 Å². The maximum atomic E-state index is 11.9. The quantitative estimate of drug-likeness (QED) is 0.800. The number of hydrogen-bond acceptors (Lipinski definition) is 3. The van der Waals surface area contributed by atoms with Gasteiger partial charge in [-0.1, -0.05) is 6.92 Å². The summed E-state index contributed by atoms with van der Waals surface area (Å²) in [6, 6.07) is 8.61. The normalized spacial score (nSPS) is 11.8. The molecule has 1 heterocycles. The molecule has 0 aliphatic rings. The Balaban J connectivity index is 1.80. The Morgan fingerprint density at radius 3 is 2.42 bits per heavy atom. The van der Waals surface area contributed by atoms with Gasteiger partial charge in [-0.2, -0.15) is 5.10 Å². The molecule has 2 amide bonds. The molecule has 128 valence electrons. The third-order valence-electron chi connectivity index (χ3n) is 3.75. The maximum absolute atomic E-state index is 11.9. The molecule has 1 aromatic heterocycles. The number of nitrogens with zero attached hydrogens (tertiary/aromatic N) is 2. The zero-order valence-electron chi connectivity index (χ0n) is 14.6. The van der Waals surface area contributed by atoms with E-state index in [9.17, 15) is 9.59 Å². The minimum absolute atomic E-state index is 0.00368. The van der Waals surface area contributed by atoms with Crippen molar-refractivity contribution in [2.24, 2.45) is 5.92 Å². The molecule has 2 aromatic rings. The molecule has 1 aromatic carbocycles. The molecule has 2 rings (SSSR count). The highest BCUT2D eigenvalue weighted by molar-refractivity contribution is 5.95. The van der Waals surface area contributed by atoms with Crippen molar-refractivity contribution in [1.82, 2.24) is 15.1 Å². The Morgan fingerprint density at radius 2 is 1.88 bits per heavy atom. The lowest BCUT2D eigenvalue weighted by molar-refractivity contribution is 0.101. The van der Waals surface area contributed by atoms with Crippen LogP contribution in [0.2, 0.25) is 0 Å². The molecule has 1 unspecified atom stereocenters. The molecule has 24 heavy (non-hydrogen) atoms. The van der Waals surface area contributed by atoms with E-state index >= 15 is 0 Å². The Morgan fingerprint density at radius 1 is 1.21 bits per heavy atom. The molecule has 6 nitrogen and oxygen atoms in total. The standard InChI is InChI=1S/C18H24N4O2/c1-12(11-22-14(3)9-13(2)21-22)10-19-18(24)20-17-7-5-16(6-8-17)15(4)23/h5-9,12H,10-11H2,1-4H3,(H2,19,20,24). The second-order valence-corrected chi connectivity index (χ2v) is 6.18. The number of Topliss-reactive ketones (excluding diaryl/α,β-unsaturated/α-hetero) is 1. The van der Waals surface area contributed by atoms with Gasteiger partial charge in [0.1, 0.15) is 0 Å². The Hall–Kier alpha value is -2.63. The number of carbonyl (C=O) groups excluding carboxylic acids is 2. The van der Waals surface area contributed by atoms with Crippen molar-refractivity contribution in [3.05, 3.63) is 47.3 Å². The molecule has 0 fully saturated rings. The SMILES string of the molecule is CC(=O)c1ccc(NC(=O)NCC(C)Cn2nc(C)cc2C)cc1. The van der Waals surface area contributed by atoms with Gasteiger partial charge in [-0.25, -0.2) is 4.79 Å². The fourth-order valence-electron chi connectivity index (χ4n) is 2.45. The fraction of sp³-hybridized carbons (Fsp3) is 0.389. The largest absolute Gasteiger partial charge is 0.338 e. The van der Waals surface area contributed by atoms with Crippen molar-refractivity contribution in [2.75, 3.05) is 11.9 Å². The molecule has 1 atom stereocenters. The van der Waals surface area contributed by atoms with E-state index in [4.69, 9.17) is 0 Å². The number of aryl methyl sites for hydroxylation is 2. The van der Waals surface area contributed by atoms with Gasteiger partial charge in [-0.15, -0.1) is 0 Å². The monoisotopic (exact) mass is 328 g/mol. The molecule has 0 aliphatic heterocycles. The van der Waals surface area contributed by atoms with Crippen LogP contribution >= 0.6 is 0 Å². The van der Waals surface area contributed by atoms with E-state index in [-0.39, 0.29) is 17.7 Å². The smallest absolute Gasteiger partial charge is 0.319 e. The Kier molecular flexibility index (Phi) is 5.73. The summed E-state index contributed by atoms with van der Waals surface area (Å²) in [5.41, 5.74) is 3.40. The highest BCUT2D eigenvalue weighted by Gasteiger charge is 2.09. The van der Waals surface area contributed by atoms with Crippen LogP contribution in [0.1, 0.15) is 35.6 Å². The van der Waals surface area contributed by atoms with E-state index in [0.717, 1.165) is 17.9 Å². The molecule has 0 spiro atoms. The van der Waals surface area contributed by atoms with Crippen molar-refractivity contribution >= 4 is 17.5 Å². The Bertz CT molecular complexity index is 719. The first-order chi connectivity index (χ1) is 11.3. The average Bonchev–Trinajstić information content (AvgIpc) is 2.83. The molecular formula is C18H24N4O2. The first-order valence-corrected chi connectivity index (χ1v) is 8.02. The van der Waals surface area contributed by atoms with Crippen LogP contribution < -0.4 is 10.6 Å². The van der Waals surface area contributed by atoms with Crippen LogP contribution in [-0.4, -0.2) is 28.1 Å². The third-order valence-corrected chi connectivity index (χ3v) is 3.75. The zero-order valence-corrected chi connectivity index (χ0v) is 14.6. The van der Waals surface area contributed by atoms with E-state index in [0.29, 0.717) is 17.8 Å². The highest BCUT2D eigenvalue weighted by atomic mass is 16.2. The van der Waals surface area contributed by atoms with Crippen molar-refractivity contribution in [2.45, 2.75) is 34.2 Å². The second kappa shape index (κ2) is 7.77. The van der Waals surface area contributed by atoms with Crippen molar-refractivity contribution in [3.8, 4) is 0 Å². The molecule has 0 aliphatic carbocycles. The van der Waals surface area contributed by atoms with Crippen LogP contribution in [-0.2, 0) is 6.54 Å². The predicted molar refractivity (Wildman–Crippen MR) is 94.3 cm³/mol. The minimum atomic E-state index is -0.259. The van der Waals surface area contributed by atoms with E-state index in [2.05, 4.69) is 22.7 Å². The van der Waals surface area contributed by atoms with Gasteiger partial charge in [0, 0.05) is 30.0 Å². The summed E-state index contributed by atoms with van der Waals surface area (Å²) >= 11 is 0. The number of benzene rings is 1. The summed E-state index contributed by atoms with van der Waals surface area (Å²) < 4.78 is 1.96. The van der Waals surface area contributed by atoms with Gasteiger partial charge in [0.25, 0.3) is 0 Å². The first kappa shape index (κ1) is 17.7. The number of hydrogen-bond donors (Lipinski definition) is 2. The summed E-state index contributed by atoms with van der Waals surface area (Å²) in [5.74, 6) is 0.262. The third kappa shape index (κ3) is 4.94. The first-order valence-electron chi connectivity index (χ1n) is 8.02. The average molecular weight is 328 g/mol. The van der Waals surface area contributed by atoms with Crippen LogP contribution in [0.5, 0.6) is 0 Å². The topological polar surface area (TPSA) is 76.0 Å². The molecule has 6 heteroatoms. The highest BCUT2D eigenvalue weighted by Crippen LogP contribution is 2.10. The second-order valence-electron chi connectivity index (χ2n) is 6.18. The fourth-order valence-corrected chi connectivity index (χ4v) is 2.45. The summed E-state index contributed by atoms with van der Waals surface area (Å²) in [5, 5.41) is 10.0. The number of nitrogens with one attached hydrogen (secondary N) is 2. The summed E-state index contributed by atoms with van der Waals surface area (Å²) in [6.07, 6.45) is 0. The van der Waals surface area contributed by atoms with Crippen LogP contribution in [0.15, 0.2) is 30.3 Å². The summed E-state index contributed by atoms with van der Waals surface area (Å²) in [6.45, 7) is 8.88. The van der Waals surface area contributed by atoms with Crippen molar-refractivity contribution < 1.29 is 9.59 Å². The lowest BCUT2D eigenvalue weighted by Gasteiger charge is -2.14. The van der Waals surface area contributed by atoms with Gasteiger partial charge in [-0.05, 0) is 57.0 Å². The number of carbonyl (C=O) groups is 2. The number of amides is 2. The van der Waals surface area contributed by atoms with Gasteiger partial charge >= 0.3 is 6.03 Å². The van der Waals surface area contributed by atoms with Crippen LogP contribution in [0.25, 0.3) is 0 Å². The summed E-state index contributed by atoms with van der Waals surface area (Å²) in [7, 11) is 0. The van der Waals surface area contributed by atoms with Gasteiger partial charge in [-0.3, -0.25) is 9.48 Å². The number of urea groups is 1. The zero-order chi connectivity index (χ0) is 17.7. The van der Waals surface area contributed by atoms with Gasteiger partial charge < -0.3 is 10.6 Å². The number of rotatable bonds is 6. The molecule has 0 saturated carbocycles. The molecular weight excluding hydrogens is 304 g/mol. The molecule has 2 N–H and O–H groups in total. The van der Waals surface area contributed by atoms with Gasteiger partial charge in [0.15, 0.2) is 5.78 Å². The summed E-state index contributed by atoms with van der Waals surface area (Å²) in [4.78, 5) is 23.2. The van der Waals surface area contributed by atoms with Gasteiger partial charge in [0.2, 0.25) is 0 Å². The Labute approximate surface area is 142 Å². The van der Waals surface area contributed by atoms with Crippen molar-refractivity contribution in [3.63, 3.8) is 0 Å². The molecule has 0 bridgehead atoms. The molecule has 0 radical (unpaired) electrons. The number of anilines is 1. The molecule has 0 saturated heterocycles. The lowest BCUT2D eigenvalue weighted by atomic mass is 10.1. The maximum Gasteiger partial charge on any atom is 0.319 e. The minimum Gasteiger partial charge on any atom is -0.338 e. The van der Waals surface area contributed by atoms with E-state index in [1.807, 2.05) is 24.6 Å². The lowest BCUT2D eigenvalue weighted by Crippen LogP contribution is -2.33. The van der Waals surface area contributed by atoms with E-state index in [1.54, 1.807) is 24.3 Å². The van der Waals surface area contributed by atoms with Crippen LogP contribution in [0, 0.1) is 19.8 Å².